The fraction of sp³-hybridized carbons (Fsp3) is 0.364. The highest BCUT2D eigenvalue weighted by Crippen LogP contribution is 2.33. The summed E-state index contributed by atoms with van der Waals surface area (Å²) < 4.78 is 0. The van der Waals surface area contributed by atoms with Crippen LogP contribution in [0, 0.1) is 0 Å². The molecular weight excluding hydrogens is 194 g/mol. The minimum atomic E-state index is -0.243. The van der Waals surface area contributed by atoms with Crippen LogP contribution in [0.4, 0.5) is 0 Å². The van der Waals surface area contributed by atoms with Crippen LogP contribution in [0.1, 0.15) is 29.8 Å². The molecule has 2 N–H and O–H groups in total. The maximum atomic E-state index is 11.8. The monoisotopic (exact) mass is 207 g/mol. The average Bonchev–Trinajstić information content (AvgIpc) is 2.46. The first kappa shape index (κ1) is 9.83. The zero-order chi connectivity index (χ0) is 11.2. The quantitative estimate of drug-likeness (QED) is 0.685. The lowest BCUT2D eigenvalue weighted by molar-refractivity contribution is 0.0730. The molecule has 15 heavy (non-hydrogen) atoms. The first-order chi connectivity index (χ1) is 7.00. The number of phenolic OH excluding ortho intramolecular Hbond substituents is 2. The van der Waals surface area contributed by atoms with Crippen molar-refractivity contribution in [2.75, 3.05) is 0 Å². The Hall–Kier alpha value is -1.71. The highest BCUT2D eigenvalue weighted by atomic mass is 16.3. The summed E-state index contributed by atoms with van der Waals surface area (Å²) in [6.45, 7) is 4.37. The molecule has 4 nitrogen and oxygen atoms in total. The number of fused-ring (bicyclic) bond motifs is 1. The Morgan fingerprint density at radius 1 is 1.27 bits per heavy atom. The summed E-state index contributed by atoms with van der Waals surface area (Å²) in [6, 6.07) is 2.90. The van der Waals surface area contributed by atoms with Crippen molar-refractivity contribution in [3.05, 3.63) is 23.3 Å². The number of hydrogen-bond acceptors (Lipinski definition) is 3. The lowest BCUT2D eigenvalue weighted by Gasteiger charge is -2.19. The van der Waals surface area contributed by atoms with E-state index in [1.165, 1.54) is 12.1 Å². The van der Waals surface area contributed by atoms with E-state index >= 15 is 0 Å². The highest BCUT2D eigenvalue weighted by molar-refractivity contribution is 5.99. The smallest absolute Gasteiger partial charge is 0.254 e. The number of rotatable bonds is 1. The van der Waals surface area contributed by atoms with E-state index in [9.17, 15) is 15.0 Å². The molecule has 0 atom stereocenters. The van der Waals surface area contributed by atoms with Gasteiger partial charge in [-0.3, -0.25) is 4.79 Å². The molecule has 0 spiro atoms. The van der Waals surface area contributed by atoms with Crippen LogP contribution in [-0.2, 0) is 6.54 Å². The second-order valence-electron chi connectivity index (χ2n) is 4.02. The minimum Gasteiger partial charge on any atom is -0.504 e. The Kier molecular flexibility index (Phi) is 2.07. The van der Waals surface area contributed by atoms with Crippen molar-refractivity contribution in [3.8, 4) is 11.5 Å². The van der Waals surface area contributed by atoms with Crippen LogP contribution < -0.4 is 0 Å². The van der Waals surface area contributed by atoms with Gasteiger partial charge in [-0.15, -0.1) is 0 Å². The fourth-order valence-electron chi connectivity index (χ4n) is 1.78. The van der Waals surface area contributed by atoms with Crippen LogP contribution >= 0.6 is 0 Å². The lowest BCUT2D eigenvalue weighted by Crippen LogP contribution is -2.30. The van der Waals surface area contributed by atoms with Gasteiger partial charge in [0, 0.05) is 18.2 Å². The van der Waals surface area contributed by atoms with Gasteiger partial charge in [0.05, 0.1) is 0 Å². The summed E-state index contributed by atoms with van der Waals surface area (Å²) >= 11 is 0. The number of hydrogen-bond donors (Lipinski definition) is 2. The van der Waals surface area contributed by atoms with Crippen LogP contribution in [-0.4, -0.2) is 27.1 Å². The number of amides is 1. The molecule has 1 aliphatic heterocycles. The molecule has 1 aromatic carbocycles. The van der Waals surface area contributed by atoms with Gasteiger partial charge in [-0.25, -0.2) is 0 Å². The maximum absolute atomic E-state index is 11.8. The third-order valence-electron chi connectivity index (χ3n) is 2.66. The van der Waals surface area contributed by atoms with Crippen molar-refractivity contribution in [3.63, 3.8) is 0 Å². The standard InChI is InChI=1S/C11H13NO3/c1-6(2)12-5-7-3-9(13)10(14)4-8(7)11(12)15/h3-4,6,13-14H,5H2,1-2H3. The molecule has 2 rings (SSSR count). The molecule has 1 amide bonds. The van der Waals surface area contributed by atoms with Gasteiger partial charge < -0.3 is 15.1 Å². The fourth-order valence-corrected chi connectivity index (χ4v) is 1.78. The average molecular weight is 207 g/mol. The predicted octanol–water partition coefficient (Wildman–Crippen LogP) is 1.46. The van der Waals surface area contributed by atoms with Gasteiger partial charge in [-0.05, 0) is 31.5 Å². The third-order valence-corrected chi connectivity index (χ3v) is 2.66. The summed E-state index contributed by atoms with van der Waals surface area (Å²) in [5, 5.41) is 18.6. The molecule has 0 aliphatic carbocycles. The highest BCUT2D eigenvalue weighted by Gasteiger charge is 2.30. The Balaban J connectivity index is 2.46. The van der Waals surface area contributed by atoms with Crippen molar-refractivity contribution in [2.24, 2.45) is 0 Å². The molecule has 4 heteroatoms. The topological polar surface area (TPSA) is 60.8 Å². The number of phenols is 2. The van der Waals surface area contributed by atoms with Crippen molar-refractivity contribution >= 4 is 5.91 Å². The minimum absolute atomic E-state index is 0.0877. The van der Waals surface area contributed by atoms with E-state index in [2.05, 4.69) is 0 Å². The van der Waals surface area contributed by atoms with Gasteiger partial charge in [-0.1, -0.05) is 0 Å². The van der Waals surface area contributed by atoms with Crippen LogP contribution in [0.2, 0.25) is 0 Å². The Morgan fingerprint density at radius 3 is 2.47 bits per heavy atom. The van der Waals surface area contributed by atoms with Crippen molar-refractivity contribution in [1.29, 1.82) is 0 Å². The Bertz CT molecular complexity index is 426. The first-order valence-electron chi connectivity index (χ1n) is 4.86. The Morgan fingerprint density at radius 2 is 1.87 bits per heavy atom. The summed E-state index contributed by atoms with van der Waals surface area (Å²) in [5.41, 5.74) is 1.25. The van der Waals surface area contributed by atoms with Crippen LogP contribution in [0.5, 0.6) is 11.5 Å². The lowest BCUT2D eigenvalue weighted by atomic mass is 10.1. The van der Waals surface area contributed by atoms with E-state index in [0.29, 0.717) is 12.1 Å². The summed E-state index contributed by atoms with van der Waals surface area (Å²) in [7, 11) is 0. The van der Waals surface area contributed by atoms with E-state index in [0.717, 1.165) is 5.56 Å². The van der Waals surface area contributed by atoms with E-state index in [1.807, 2.05) is 13.8 Å². The molecule has 1 aliphatic rings. The third kappa shape index (κ3) is 1.42. The van der Waals surface area contributed by atoms with Crippen molar-refractivity contribution in [1.82, 2.24) is 4.90 Å². The van der Waals surface area contributed by atoms with Gasteiger partial charge in [0.25, 0.3) is 5.91 Å². The van der Waals surface area contributed by atoms with Gasteiger partial charge in [0.2, 0.25) is 0 Å². The largest absolute Gasteiger partial charge is 0.504 e. The van der Waals surface area contributed by atoms with E-state index < -0.39 is 0 Å². The number of carbonyl (C=O) groups is 1. The van der Waals surface area contributed by atoms with E-state index in [1.54, 1.807) is 4.90 Å². The molecule has 0 aromatic heterocycles. The van der Waals surface area contributed by atoms with Gasteiger partial charge in [0.15, 0.2) is 11.5 Å². The normalized spacial score (nSPS) is 14.9. The maximum Gasteiger partial charge on any atom is 0.254 e. The molecule has 80 valence electrons. The van der Waals surface area contributed by atoms with Crippen molar-refractivity contribution in [2.45, 2.75) is 26.4 Å². The number of nitrogens with zero attached hydrogens (tertiary/aromatic N) is 1. The Labute approximate surface area is 87.8 Å². The van der Waals surface area contributed by atoms with E-state index in [4.69, 9.17) is 0 Å². The first-order valence-corrected chi connectivity index (χ1v) is 4.86. The molecule has 0 saturated heterocycles. The number of aromatic hydroxyl groups is 2. The molecule has 1 heterocycles. The summed E-state index contributed by atoms with van der Waals surface area (Å²) in [4.78, 5) is 13.5. The predicted molar refractivity (Wildman–Crippen MR) is 54.8 cm³/mol. The number of benzene rings is 1. The molecule has 0 saturated carbocycles. The zero-order valence-electron chi connectivity index (χ0n) is 8.69. The zero-order valence-corrected chi connectivity index (χ0v) is 8.69. The molecule has 0 bridgehead atoms. The second-order valence-corrected chi connectivity index (χ2v) is 4.02. The molecular formula is C11H13NO3. The number of carbonyl (C=O) groups excluding carboxylic acids is 1. The molecule has 0 radical (unpaired) electrons. The van der Waals surface area contributed by atoms with Gasteiger partial charge >= 0.3 is 0 Å². The summed E-state index contributed by atoms with van der Waals surface area (Å²) in [6.07, 6.45) is 0. The van der Waals surface area contributed by atoms with Crippen LogP contribution in [0.25, 0.3) is 0 Å². The SMILES string of the molecule is CC(C)N1Cc2cc(O)c(O)cc2C1=O. The van der Waals surface area contributed by atoms with Crippen LogP contribution in [0.15, 0.2) is 12.1 Å². The van der Waals surface area contributed by atoms with Gasteiger partial charge in [-0.2, -0.15) is 0 Å². The van der Waals surface area contributed by atoms with Crippen molar-refractivity contribution < 1.29 is 15.0 Å². The summed E-state index contributed by atoms with van der Waals surface area (Å²) in [5.74, 6) is -0.504. The van der Waals surface area contributed by atoms with Crippen LogP contribution in [0.3, 0.4) is 0 Å². The molecule has 1 aromatic rings. The van der Waals surface area contributed by atoms with Gasteiger partial charge in [0.1, 0.15) is 0 Å². The van der Waals surface area contributed by atoms with E-state index in [-0.39, 0.29) is 23.4 Å². The molecule has 0 fully saturated rings. The second kappa shape index (κ2) is 3.15. The molecule has 0 unspecified atom stereocenters.